The highest BCUT2D eigenvalue weighted by Crippen LogP contribution is 2.22. The van der Waals surface area contributed by atoms with E-state index in [2.05, 4.69) is 19.5 Å². The number of benzene rings is 1. The molecule has 2 N–H and O–H groups in total. The molecule has 0 atom stereocenters. The highest BCUT2D eigenvalue weighted by molar-refractivity contribution is 7.93. The van der Waals surface area contributed by atoms with Crippen molar-refractivity contribution in [1.82, 2.24) is 0 Å². The summed E-state index contributed by atoms with van der Waals surface area (Å²) in [6.45, 7) is 0. The summed E-state index contributed by atoms with van der Waals surface area (Å²) in [6.07, 6.45) is 0.939. The number of hydrogen-bond donors (Lipinski definition) is 2. The molecule has 0 spiro atoms. The average Bonchev–Trinajstić information content (AvgIpc) is 3.13. The minimum absolute atomic E-state index is 0.0491. The molecule has 0 aliphatic rings. The topological polar surface area (TPSA) is 111 Å². The molecule has 0 unspecified atom stereocenters. The van der Waals surface area contributed by atoms with E-state index in [1.165, 1.54) is 49.8 Å². The van der Waals surface area contributed by atoms with Gasteiger partial charge in [0.25, 0.3) is 10.0 Å². The third-order valence-electron chi connectivity index (χ3n) is 3.07. The fourth-order valence-electron chi connectivity index (χ4n) is 1.83. The number of sulfonamides is 1. The zero-order valence-corrected chi connectivity index (χ0v) is 15.5. The third-order valence-corrected chi connectivity index (χ3v) is 5.36. The predicted octanol–water partition coefficient (Wildman–Crippen LogP) is 2.19. The summed E-state index contributed by atoms with van der Waals surface area (Å²) in [5.41, 5.74) is 0.243. The van der Waals surface area contributed by atoms with Crippen molar-refractivity contribution in [2.75, 3.05) is 24.3 Å². The normalized spacial score (nSPS) is 11.5. The van der Waals surface area contributed by atoms with E-state index in [-0.39, 0.29) is 10.6 Å². The van der Waals surface area contributed by atoms with E-state index in [0.717, 1.165) is 6.08 Å². The van der Waals surface area contributed by atoms with Crippen LogP contribution in [0.15, 0.2) is 58.4 Å². The van der Waals surface area contributed by atoms with E-state index in [1.807, 2.05) is 0 Å². The Morgan fingerprint density at radius 1 is 1.08 bits per heavy atom. The lowest BCUT2D eigenvalue weighted by molar-refractivity contribution is -0.138. The van der Waals surface area contributed by atoms with Crippen LogP contribution in [0.25, 0.3) is 0 Å². The second kappa shape index (κ2) is 8.50. The van der Waals surface area contributed by atoms with Crippen molar-refractivity contribution in [2.24, 2.45) is 0 Å². The van der Waals surface area contributed by atoms with Gasteiger partial charge in [-0.2, -0.15) is 0 Å². The molecule has 138 valence electrons. The minimum Gasteiger partial charge on any atom is -0.466 e. The monoisotopic (exact) mass is 396 g/mol. The molecular weight excluding hydrogens is 380 g/mol. The Kier molecular flexibility index (Phi) is 6.36. The number of nitrogens with one attached hydrogen (secondary N) is 2. The van der Waals surface area contributed by atoms with Gasteiger partial charge in [-0.05, 0) is 41.8 Å². The largest absolute Gasteiger partial charge is 0.466 e. The van der Waals surface area contributed by atoms with Crippen LogP contribution in [0, 0.1) is 0 Å². The van der Waals surface area contributed by atoms with Crippen LogP contribution in [0.3, 0.4) is 0 Å². The Morgan fingerprint density at radius 3 is 2.31 bits per heavy atom. The first-order chi connectivity index (χ1) is 12.4. The van der Waals surface area contributed by atoms with Crippen LogP contribution in [0.4, 0.5) is 10.7 Å². The van der Waals surface area contributed by atoms with E-state index in [4.69, 9.17) is 0 Å². The molecule has 2 aromatic rings. The summed E-state index contributed by atoms with van der Waals surface area (Å²) in [5.74, 6) is -1.51. The summed E-state index contributed by atoms with van der Waals surface area (Å²) in [4.78, 5) is 23.1. The van der Waals surface area contributed by atoms with Crippen LogP contribution in [-0.4, -0.2) is 34.6 Å². The average molecular weight is 396 g/mol. The van der Waals surface area contributed by atoms with Gasteiger partial charge in [0.1, 0.15) is 10.7 Å². The van der Waals surface area contributed by atoms with Gasteiger partial charge in [-0.25, -0.2) is 18.0 Å². The molecule has 0 fully saturated rings. The maximum Gasteiger partial charge on any atom is 0.354 e. The number of carbonyl (C=O) groups is 2. The van der Waals surface area contributed by atoms with E-state index < -0.39 is 22.0 Å². The fourth-order valence-corrected chi connectivity index (χ4v) is 3.76. The van der Waals surface area contributed by atoms with Crippen molar-refractivity contribution in [3.63, 3.8) is 0 Å². The predicted molar refractivity (Wildman–Crippen MR) is 97.3 cm³/mol. The van der Waals surface area contributed by atoms with Gasteiger partial charge in [0, 0.05) is 5.69 Å². The van der Waals surface area contributed by atoms with Gasteiger partial charge >= 0.3 is 11.9 Å². The summed E-state index contributed by atoms with van der Waals surface area (Å²) < 4.78 is 36.1. The summed E-state index contributed by atoms with van der Waals surface area (Å²) in [7, 11) is -1.38. The van der Waals surface area contributed by atoms with Gasteiger partial charge in [0.05, 0.1) is 25.2 Å². The van der Waals surface area contributed by atoms with Gasteiger partial charge in [0.15, 0.2) is 0 Å². The molecule has 1 aromatic carbocycles. The molecule has 26 heavy (non-hydrogen) atoms. The van der Waals surface area contributed by atoms with Crippen molar-refractivity contribution in [2.45, 2.75) is 4.90 Å². The first kappa shape index (κ1) is 19.5. The van der Waals surface area contributed by atoms with Crippen LogP contribution in [0.1, 0.15) is 0 Å². The minimum atomic E-state index is -3.72. The summed E-state index contributed by atoms with van der Waals surface area (Å²) in [5, 5.41) is 4.95. The maximum atomic E-state index is 12.3. The van der Waals surface area contributed by atoms with Crippen molar-refractivity contribution in [3.8, 4) is 0 Å². The van der Waals surface area contributed by atoms with Crippen LogP contribution in [0.5, 0.6) is 0 Å². The number of methoxy groups -OCH3 is 2. The molecule has 0 aliphatic heterocycles. The third kappa shape index (κ3) is 5.07. The molecule has 0 amide bonds. The molecular formula is C16H16N2O6S2. The SMILES string of the molecule is COC(=O)/C=C(/Nc1ccc(S(=O)(=O)Nc2cccs2)cc1)C(=O)OC. The first-order valence-electron chi connectivity index (χ1n) is 7.17. The Hall–Kier alpha value is -2.85. The Balaban J connectivity index is 2.18. The number of esters is 2. The van der Waals surface area contributed by atoms with Crippen molar-refractivity contribution < 1.29 is 27.5 Å². The zero-order chi connectivity index (χ0) is 19.2. The number of carbonyl (C=O) groups excluding carboxylic acids is 2. The van der Waals surface area contributed by atoms with Gasteiger partial charge < -0.3 is 14.8 Å². The van der Waals surface area contributed by atoms with Crippen molar-refractivity contribution in [1.29, 1.82) is 0 Å². The van der Waals surface area contributed by atoms with Crippen LogP contribution < -0.4 is 10.0 Å². The number of rotatable bonds is 7. The fraction of sp³-hybridized carbons (Fsp3) is 0.125. The molecule has 0 bridgehead atoms. The second-order valence-corrected chi connectivity index (χ2v) is 7.44. The molecule has 0 saturated carbocycles. The lowest BCUT2D eigenvalue weighted by Crippen LogP contribution is -2.16. The van der Waals surface area contributed by atoms with Gasteiger partial charge in [0.2, 0.25) is 0 Å². The number of ether oxygens (including phenoxy) is 2. The lowest BCUT2D eigenvalue weighted by Gasteiger charge is -2.10. The van der Waals surface area contributed by atoms with E-state index in [9.17, 15) is 18.0 Å². The van der Waals surface area contributed by atoms with E-state index in [0.29, 0.717) is 10.7 Å². The highest BCUT2D eigenvalue weighted by Gasteiger charge is 2.16. The lowest BCUT2D eigenvalue weighted by atomic mass is 10.3. The highest BCUT2D eigenvalue weighted by atomic mass is 32.2. The molecule has 0 saturated heterocycles. The van der Waals surface area contributed by atoms with Crippen LogP contribution in [-0.2, 0) is 29.1 Å². The maximum absolute atomic E-state index is 12.3. The molecule has 0 radical (unpaired) electrons. The molecule has 1 heterocycles. The Labute approximate surface area is 154 Å². The Bertz CT molecular complexity index is 903. The van der Waals surface area contributed by atoms with E-state index in [1.54, 1.807) is 17.5 Å². The van der Waals surface area contributed by atoms with Crippen LogP contribution >= 0.6 is 11.3 Å². The summed E-state index contributed by atoms with van der Waals surface area (Å²) in [6, 6.07) is 9.03. The number of hydrogen-bond acceptors (Lipinski definition) is 8. The van der Waals surface area contributed by atoms with Crippen molar-refractivity contribution in [3.05, 3.63) is 53.6 Å². The molecule has 2 rings (SSSR count). The first-order valence-corrected chi connectivity index (χ1v) is 9.53. The van der Waals surface area contributed by atoms with Gasteiger partial charge in [-0.1, -0.05) is 0 Å². The van der Waals surface area contributed by atoms with Crippen molar-refractivity contribution >= 4 is 44.0 Å². The number of anilines is 2. The van der Waals surface area contributed by atoms with E-state index >= 15 is 0 Å². The summed E-state index contributed by atoms with van der Waals surface area (Å²) >= 11 is 1.26. The molecule has 8 nitrogen and oxygen atoms in total. The smallest absolute Gasteiger partial charge is 0.354 e. The standard InChI is InChI=1S/C16H16N2O6S2/c1-23-15(19)10-13(16(20)24-2)17-11-5-7-12(8-6-11)26(21,22)18-14-4-3-9-25-14/h3-10,17-18H,1-2H3/b13-10+. The Morgan fingerprint density at radius 2 is 1.77 bits per heavy atom. The molecule has 1 aromatic heterocycles. The van der Waals surface area contributed by atoms with Crippen LogP contribution in [0.2, 0.25) is 0 Å². The molecule has 10 heteroatoms. The van der Waals surface area contributed by atoms with Gasteiger partial charge in [-0.15, -0.1) is 11.3 Å². The van der Waals surface area contributed by atoms with Gasteiger partial charge in [-0.3, -0.25) is 4.72 Å². The molecule has 0 aliphatic carbocycles. The second-order valence-electron chi connectivity index (χ2n) is 4.80. The number of thiophene rings is 1. The quantitative estimate of drug-likeness (QED) is 0.545. The zero-order valence-electron chi connectivity index (χ0n) is 13.9.